The predicted molar refractivity (Wildman–Crippen MR) is 0 cm³/mol. The molecule has 0 amide bonds. The second-order valence-electron chi connectivity index (χ2n) is 0. The summed E-state index contributed by atoms with van der Waals surface area (Å²) in [6.07, 6.45) is 0. The number of hydrogen-bond acceptors (Lipinski definition) is 0. The fourth-order valence-corrected chi connectivity index (χ4v) is 0. The van der Waals surface area contributed by atoms with E-state index >= 15 is 0 Å². The van der Waals surface area contributed by atoms with Crippen LogP contribution in [0.4, 0.5) is 0 Å². The Labute approximate surface area is 92.6 Å². The Bertz CT molecular complexity index is 3.25. The summed E-state index contributed by atoms with van der Waals surface area (Å²) in [6.45, 7) is 0. The third-order valence-corrected chi connectivity index (χ3v) is 0. The molecule has 35 valence electrons. The van der Waals surface area contributed by atoms with E-state index in [9.17, 15) is 0 Å². The van der Waals surface area contributed by atoms with Crippen molar-refractivity contribution in [2.75, 3.05) is 0 Å². The quantitative estimate of drug-likeness (QED) is 0.312. The molecule has 0 aliphatic rings. The van der Waals surface area contributed by atoms with Crippen molar-refractivity contribution in [1.29, 1.82) is 0 Å². The molecule has 0 N–H and O–H groups in total. The molecule has 0 aromatic rings. The van der Waals surface area contributed by atoms with Crippen LogP contribution >= 0.6 is 0 Å². The number of hydrogen-bond donors (Lipinski definition) is 0. The topological polar surface area (TPSA) is 0 Å². The smallest absolute Gasteiger partial charge is 0 e. The van der Waals surface area contributed by atoms with Gasteiger partial charge >= 0.3 is 0 Å². The molecule has 0 aliphatic carbocycles. The van der Waals surface area contributed by atoms with Gasteiger partial charge in [-0.1, -0.05) is 0 Å². The van der Waals surface area contributed by atoms with Crippen molar-refractivity contribution in [3.05, 3.63) is 0 Å². The molecule has 0 fully saturated rings. The largest absolute Gasteiger partial charge is 0 e. The van der Waals surface area contributed by atoms with Gasteiger partial charge in [0.25, 0.3) is 0 Å². The summed E-state index contributed by atoms with van der Waals surface area (Å²) in [7, 11) is 0. The van der Waals surface area contributed by atoms with Crippen molar-refractivity contribution in [3.63, 3.8) is 0 Å². The van der Waals surface area contributed by atoms with E-state index < -0.39 is 0 Å². The number of rotatable bonds is 0. The molecular formula is Au3Cd. The van der Waals surface area contributed by atoms with Gasteiger partial charge in [0, 0.05) is 94.4 Å². The van der Waals surface area contributed by atoms with Crippen LogP contribution in [0.5, 0.6) is 0 Å². The van der Waals surface area contributed by atoms with E-state index in [0.717, 1.165) is 0 Å². The molecule has 0 saturated carbocycles. The average Bonchev–Trinajstić information content (AvgIpc) is 0. The molecule has 0 nitrogen and oxygen atoms in total. The van der Waals surface area contributed by atoms with Crippen LogP contribution in [-0.2, 0) is 94.4 Å². The Balaban J connectivity index is 0. The Morgan fingerprint density at radius 1 is 0.500 bits per heavy atom. The molecule has 4 heavy (non-hydrogen) atoms. The molecule has 0 atom stereocenters. The van der Waals surface area contributed by atoms with Crippen LogP contribution in [0.15, 0.2) is 0 Å². The average molecular weight is 703 g/mol. The molecule has 3 radical (unpaired) electrons. The minimum absolute atomic E-state index is 0. The standard InChI is InChI=1S/3Au.Cd. The summed E-state index contributed by atoms with van der Waals surface area (Å²) in [4.78, 5) is 0. The third kappa shape index (κ3) is 8.94. The molecule has 0 aromatic carbocycles. The molecule has 0 heterocycles. The van der Waals surface area contributed by atoms with Crippen molar-refractivity contribution < 1.29 is 94.4 Å². The van der Waals surface area contributed by atoms with Gasteiger partial charge in [0.1, 0.15) is 0 Å². The summed E-state index contributed by atoms with van der Waals surface area (Å²) >= 11 is 0. The van der Waals surface area contributed by atoms with Crippen LogP contribution in [0.2, 0.25) is 0 Å². The van der Waals surface area contributed by atoms with E-state index in [1.165, 1.54) is 0 Å². The Morgan fingerprint density at radius 3 is 0.500 bits per heavy atom. The van der Waals surface area contributed by atoms with Gasteiger partial charge < -0.3 is 0 Å². The molecule has 0 saturated heterocycles. The first-order valence-electron chi connectivity index (χ1n) is 0. The van der Waals surface area contributed by atoms with E-state index in [1.54, 1.807) is 0 Å². The fourth-order valence-electron chi connectivity index (χ4n) is 0. The van der Waals surface area contributed by atoms with Crippen molar-refractivity contribution in [2.24, 2.45) is 0 Å². The van der Waals surface area contributed by atoms with E-state index in [2.05, 4.69) is 0 Å². The molecule has 0 unspecified atom stereocenters. The van der Waals surface area contributed by atoms with Crippen LogP contribution in [0.25, 0.3) is 0 Å². The van der Waals surface area contributed by atoms with Gasteiger partial charge in [0.2, 0.25) is 0 Å². The van der Waals surface area contributed by atoms with Gasteiger partial charge in [-0.15, -0.1) is 0 Å². The molecule has 0 aliphatic heterocycles. The Hall–Kier alpha value is 3.14. The van der Waals surface area contributed by atoms with Crippen molar-refractivity contribution >= 4 is 0 Å². The molecule has 4 heteroatoms. The van der Waals surface area contributed by atoms with Crippen molar-refractivity contribution in [1.82, 2.24) is 0 Å². The first-order valence-corrected chi connectivity index (χ1v) is 0. The summed E-state index contributed by atoms with van der Waals surface area (Å²) < 4.78 is 0. The molecule has 0 spiro atoms. The second-order valence-corrected chi connectivity index (χ2v) is 0. The maximum atomic E-state index is 0. The normalized spacial score (nSPS) is 0. The predicted octanol–water partition coefficient (Wildman–Crippen LogP) is -0.0100. The maximum Gasteiger partial charge on any atom is 0 e. The van der Waals surface area contributed by atoms with E-state index in [0.29, 0.717) is 0 Å². The maximum absolute atomic E-state index is 0. The monoisotopic (exact) mass is 705 g/mol. The summed E-state index contributed by atoms with van der Waals surface area (Å²) in [5, 5.41) is 0. The first-order chi connectivity index (χ1) is 0. The van der Waals surface area contributed by atoms with E-state index in [4.69, 9.17) is 0 Å². The van der Waals surface area contributed by atoms with Crippen LogP contribution in [0, 0.1) is 0 Å². The van der Waals surface area contributed by atoms with Gasteiger partial charge in [0.05, 0.1) is 0 Å². The zero-order valence-electron chi connectivity index (χ0n) is 1.61. The molecule has 0 aromatic heterocycles. The van der Waals surface area contributed by atoms with Crippen molar-refractivity contribution in [2.45, 2.75) is 0 Å². The van der Waals surface area contributed by atoms with Gasteiger partial charge in [-0.05, 0) is 0 Å². The zero-order valence-corrected chi connectivity index (χ0v) is 12.1. The van der Waals surface area contributed by atoms with Gasteiger partial charge in [0.15, 0.2) is 0 Å². The minimum atomic E-state index is 0. The molecule has 0 rings (SSSR count). The summed E-state index contributed by atoms with van der Waals surface area (Å²) in [5.41, 5.74) is 0. The van der Waals surface area contributed by atoms with Crippen LogP contribution < -0.4 is 0 Å². The van der Waals surface area contributed by atoms with Gasteiger partial charge in [-0.25, -0.2) is 0 Å². The van der Waals surface area contributed by atoms with Gasteiger partial charge in [-0.2, -0.15) is 0 Å². The van der Waals surface area contributed by atoms with E-state index in [1.807, 2.05) is 0 Å². The first kappa shape index (κ1) is 27.3. The minimum Gasteiger partial charge on any atom is 0 e. The third-order valence-electron chi connectivity index (χ3n) is 0. The Kier molecular flexibility index (Phi) is 112. The Morgan fingerprint density at radius 2 is 0.500 bits per heavy atom. The van der Waals surface area contributed by atoms with Crippen LogP contribution in [-0.4, -0.2) is 0 Å². The van der Waals surface area contributed by atoms with Crippen molar-refractivity contribution in [3.8, 4) is 0 Å². The zero-order chi connectivity index (χ0) is 0. The van der Waals surface area contributed by atoms with E-state index in [-0.39, 0.29) is 94.4 Å². The van der Waals surface area contributed by atoms with Crippen LogP contribution in [0.3, 0.4) is 0 Å². The summed E-state index contributed by atoms with van der Waals surface area (Å²) in [5.74, 6) is 0. The molecule has 0 bridgehead atoms. The summed E-state index contributed by atoms with van der Waals surface area (Å²) in [6, 6.07) is 0. The second kappa shape index (κ2) is 16.4. The van der Waals surface area contributed by atoms with Gasteiger partial charge in [-0.3, -0.25) is 0 Å². The molecular weight excluding hydrogens is 703 g/mol. The SMILES string of the molecule is [Au].[Au].[Au].[Cd]. The van der Waals surface area contributed by atoms with Crippen LogP contribution in [0.1, 0.15) is 0 Å². The fraction of sp³-hybridized carbons (Fsp3) is 0.